The number of nitrogens with zero attached hydrogens (tertiary/aromatic N) is 3. The van der Waals surface area contributed by atoms with Crippen LogP contribution in [0.5, 0.6) is 0 Å². The van der Waals surface area contributed by atoms with E-state index in [9.17, 15) is 9.59 Å². The number of carbonyl (C=O) groups is 2. The lowest BCUT2D eigenvalue weighted by atomic mass is 10.1. The van der Waals surface area contributed by atoms with Crippen LogP contribution in [0.2, 0.25) is 0 Å². The van der Waals surface area contributed by atoms with Crippen LogP contribution in [-0.4, -0.2) is 27.4 Å². The molecule has 1 aliphatic carbocycles. The molecule has 1 aromatic heterocycles. The van der Waals surface area contributed by atoms with E-state index >= 15 is 0 Å². The highest BCUT2D eigenvalue weighted by Gasteiger charge is 2.47. The van der Waals surface area contributed by atoms with Gasteiger partial charge in [0, 0.05) is 17.1 Å². The monoisotopic (exact) mass is 396 g/mol. The van der Waals surface area contributed by atoms with E-state index in [2.05, 4.69) is 5.32 Å². The average molecular weight is 396 g/mol. The van der Waals surface area contributed by atoms with Crippen molar-refractivity contribution in [2.75, 3.05) is 10.2 Å². The number of imidazole rings is 1. The van der Waals surface area contributed by atoms with Gasteiger partial charge in [-0.05, 0) is 36.4 Å². The molecule has 2 amide bonds. The van der Waals surface area contributed by atoms with Crippen molar-refractivity contribution >= 4 is 45.3 Å². The van der Waals surface area contributed by atoms with Gasteiger partial charge in [-0.2, -0.15) is 0 Å². The minimum Gasteiger partial charge on any atom is -0.325 e. The lowest BCUT2D eigenvalue weighted by Gasteiger charge is -2.15. The minimum atomic E-state index is -0.567. The molecule has 0 saturated heterocycles. The molecule has 0 unspecified atom stereocenters. The topological polar surface area (TPSA) is 67.2 Å². The Kier molecular flexibility index (Phi) is 3.68. The lowest BCUT2D eigenvalue weighted by molar-refractivity contribution is -0.124. The van der Waals surface area contributed by atoms with E-state index in [0.717, 1.165) is 40.3 Å². The minimum absolute atomic E-state index is 0.0289. The summed E-state index contributed by atoms with van der Waals surface area (Å²) in [7, 11) is 0. The van der Waals surface area contributed by atoms with Gasteiger partial charge in [0.15, 0.2) is 0 Å². The number of benzene rings is 3. The molecule has 1 fully saturated rings. The third-order valence-corrected chi connectivity index (χ3v) is 5.98. The Labute approximate surface area is 173 Å². The fourth-order valence-corrected chi connectivity index (χ4v) is 4.44. The number of carbonyl (C=O) groups excluding carboxylic acids is 2. The van der Waals surface area contributed by atoms with Gasteiger partial charge in [0.25, 0.3) is 5.91 Å². The van der Waals surface area contributed by atoms with Gasteiger partial charge in [-0.15, -0.1) is 0 Å². The van der Waals surface area contributed by atoms with Crippen LogP contribution in [0.3, 0.4) is 0 Å². The van der Waals surface area contributed by atoms with Crippen LogP contribution in [0.15, 0.2) is 66.7 Å². The van der Waals surface area contributed by atoms with E-state index in [0.29, 0.717) is 5.95 Å². The van der Waals surface area contributed by atoms with Gasteiger partial charge in [-0.25, -0.2) is 4.98 Å². The summed E-state index contributed by atoms with van der Waals surface area (Å²) in [4.78, 5) is 32.7. The van der Waals surface area contributed by atoms with Crippen molar-refractivity contribution in [1.29, 1.82) is 0 Å². The SMILES string of the molecule is O=C(C[C@@H]1C(=O)N(C2CC2)c2nc3ccccc3n21)Nc1cccc2ccccc12. The quantitative estimate of drug-likeness (QED) is 0.560. The number of fused-ring (bicyclic) bond motifs is 4. The van der Waals surface area contributed by atoms with Gasteiger partial charge in [0.2, 0.25) is 11.9 Å². The summed E-state index contributed by atoms with van der Waals surface area (Å²) >= 11 is 0. The van der Waals surface area contributed by atoms with Crippen LogP contribution < -0.4 is 10.2 Å². The smallest absolute Gasteiger partial charge is 0.253 e. The second-order valence-corrected chi connectivity index (χ2v) is 8.00. The molecule has 0 radical (unpaired) electrons. The number of hydrogen-bond acceptors (Lipinski definition) is 3. The standard InChI is InChI=1S/C24H20N4O2/c29-22(25-18-10-5-7-15-6-1-2-8-17(15)18)14-21-23(30)27(16-12-13-16)24-26-19-9-3-4-11-20(19)28(21)24/h1-11,16,21H,12-14H2,(H,25,29)/t21-/m1/s1. The first-order valence-electron chi connectivity index (χ1n) is 10.3. The third kappa shape index (κ3) is 2.60. The summed E-state index contributed by atoms with van der Waals surface area (Å²) in [6.45, 7) is 0. The Balaban J connectivity index is 1.34. The highest BCUT2D eigenvalue weighted by atomic mass is 16.2. The first kappa shape index (κ1) is 17.2. The van der Waals surface area contributed by atoms with E-state index in [1.165, 1.54) is 0 Å². The van der Waals surface area contributed by atoms with Crippen molar-refractivity contribution in [3.8, 4) is 0 Å². The third-order valence-electron chi connectivity index (χ3n) is 5.98. The molecule has 6 heteroatoms. The molecule has 1 saturated carbocycles. The molecule has 1 atom stereocenters. The zero-order valence-corrected chi connectivity index (χ0v) is 16.3. The highest BCUT2D eigenvalue weighted by molar-refractivity contribution is 6.07. The fraction of sp³-hybridized carbons (Fsp3) is 0.208. The number of nitrogens with one attached hydrogen (secondary N) is 1. The molecule has 148 valence electrons. The van der Waals surface area contributed by atoms with Crippen molar-refractivity contribution in [2.24, 2.45) is 0 Å². The number of anilines is 2. The molecule has 1 N–H and O–H groups in total. The number of rotatable bonds is 4. The second kappa shape index (κ2) is 6.42. The maximum atomic E-state index is 13.2. The van der Waals surface area contributed by atoms with Gasteiger partial charge in [-0.3, -0.25) is 19.1 Å². The van der Waals surface area contributed by atoms with Crippen molar-refractivity contribution in [1.82, 2.24) is 9.55 Å². The van der Waals surface area contributed by atoms with E-state index < -0.39 is 6.04 Å². The molecular weight excluding hydrogens is 376 g/mol. The number of hydrogen-bond donors (Lipinski definition) is 1. The summed E-state index contributed by atoms with van der Waals surface area (Å²) < 4.78 is 1.94. The average Bonchev–Trinajstić information content (AvgIpc) is 3.47. The maximum Gasteiger partial charge on any atom is 0.253 e. The fourth-order valence-electron chi connectivity index (χ4n) is 4.44. The first-order chi connectivity index (χ1) is 14.7. The van der Waals surface area contributed by atoms with Gasteiger partial charge in [0.1, 0.15) is 6.04 Å². The Morgan fingerprint density at radius 3 is 2.63 bits per heavy atom. The van der Waals surface area contributed by atoms with Crippen molar-refractivity contribution in [2.45, 2.75) is 31.3 Å². The lowest BCUT2D eigenvalue weighted by Crippen LogP contribution is -2.33. The molecule has 4 aromatic rings. The van der Waals surface area contributed by atoms with Crippen LogP contribution in [0.25, 0.3) is 21.8 Å². The molecule has 1 aliphatic heterocycles. The zero-order chi connectivity index (χ0) is 20.2. The first-order valence-corrected chi connectivity index (χ1v) is 10.3. The second-order valence-electron chi connectivity index (χ2n) is 8.00. The summed E-state index contributed by atoms with van der Waals surface area (Å²) in [6, 6.07) is 21.2. The Hall–Kier alpha value is -3.67. The van der Waals surface area contributed by atoms with E-state index in [1.54, 1.807) is 4.90 Å². The van der Waals surface area contributed by atoms with Crippen LogP contribution in [0.1, 0.15) is 25.3 Å². The highest BCUT2D eigenvalue weighted by Crippen LogP contribution is 2.42. The molecule has 0 spiro atoms. The molecule has 30 heavy (non-hydrogen) atoms. The summed E-state index contributed by atoms with van der Waals surface area (Å²) in [5.74, 6) is 0.469. The number of amides is 2. The van der Waals surface area contributed by atoms with Crippen molar-refractivity contribution < 1.29 is 9.59 Å². The van der Waals surface area contributed by atoms with Gasteiger partial charge in [0.05, 0.1) is 17.5 Å². The van der Waals surface area contributed by atoms with E-state index in [-0.39, 0.29) is 24.3 Å². The van der Waals surface area contributed by atoms with Crippen molar-refractivity contribution in [3.05, 3.63) is 66.7 Å². The largest absolute Gasteiger partial charge is 0.325 e. The predicted octanol–water partition coefficient (Wildman–Crippen LogP) is 4.27. The maximum absolute atomic E-state index is 13.2. The molecule has 6 nitrogen and oxygen atoms in total. The summed E-state index contributed by atoms with van der Waals surface area (Å²) in [5, 5.41) is 5.07. The summed E-state index contributed by atoms with van der Waals surface area (Å²) in [6.07, 6.45) is 2.06. The molecule has 3 aromatic carbocycles. The van der Waals surface area contributed by atoms with Crippen molar-refractivity contribution in [3.63, 3.8) is 0 Å². The van der Waals surface area contributed by atoms with Gasteiger partial charge >= 0.3 is 0 Å². The van der Waals surface area contributed by atoms with Crippen LogP contribution in [0, 0.1) is 0 Å². The normalized spacial score (nSPS) is 18.2. The van der Waals surface area contributed by atoms with E-state index in [4.69, 9.17) is 4.98 Å². The van der Waals surface area contributed by atoms with Gasteiger partial charge in [-0.1, -0.05) is 48.5 Å². The van der Waals surface area contributed by atoms with Gasteiger partial charge < -0.3 is 5.32 Å². The molecule has 6 rings (SSSR count). The zero-order valence-electron chi connectivity index (χ0n) is 16.3. The molecule has 0 bridgehead atoms. The summed E-state index contributed by atoms with van der Waals surface area (Å²) in [5.41, 5.74) is 2.51. The predicted molar refractivity (Wildman–Crippen MR) is 116 cm³/mol. The molecular formula is C24H20N4O2. The Morgan fingerprint density at radius 2 is 1.77 bits per heavy atom. The van der Waals surface area contributed by atoms with Crippen LogP contribution in [0.4, 0.5) is 11.6 Å². The number of aromatic nitrogens is 2. The molecule has 2 heterocycles. The Bertz CT molecular complexity index is 1320. The van der Waals surface area contributed by atoms with E-state index in [1.807, 2.05) is 71.3 Å². The van der Waals surface area contributed by atoms with Crippen LogP contribution in [-0.2, 0) is 9.59 Å². The Morgan fingerprint density at radius 1 is 1.00 bits per heavy atom. The molecule has 2 aliphatic rings. The number of para-hydroxylation sites is 2. The van der Waals surface area contributed by atoms with Crippen LogP contribution >= 0.6 is 0 Å².